The third-order valence-electron chi connectivity index (χ3n) is 4.28. The quantitative estimate of drug-likeness (QED) is 0.835. The number of thioether (sulfide) groups is 1. The molecular formula is C20H22N2O2S. The number of benzene rings is 2. The van der Waals surface area contributed by atoms with Crippen molar-refractivity contribution in [3.63, 3.8) is 0 Å². The normalized spacial score (nSPS) is 16.7. The number of hydrogen-bond acceptors (Lipinski definition) is 4. The summed E-state index contributed by atoms with van der Waals surface area (Å²) in [5, 5.41) is 3.65. The van der Waals surface area contributed by atoms with Gasteiger partial charge in [-0.1, -0.05) is 19.1 Å². The highest BCUT2D eigenvalue weighted by molar-refractivity contribution is 8.00. The van der Waals surface area contributed by atoms with Crippen molar-refractivity contribution in [1.82, 2.24) is 0 Å². The number of para-hydroxylation sites is 1. The molecule has 25 heavy (non-hydrogen) atoms. The standard InChI is InChI=1S/C20H22N2O2S/c1-14-11-12-22(18-5-3-4-6-19(18)25-14)20(24)13-21-17-9-7-16(8-10-17)15(2)23/h3-10,14,21H,11-13H2,1-2H3. The summed E-state index contributed by atoms with van der Waals surface area (Å²) < 4.78 is 0. The largest absolute Gasteiger partial charge is 0.376 e. The molecule has 1 aliphatic heterocycles. The Labute approximate surface area is 152 Å². The minimum atomic E-state index is 0.0374. The third kappa shape index (κ3) is 4.23. The monoisotopic (exact) mass is 354 g/mol. The maximum atomic E-state index is 12.8. The second kappa shape index (κ2) is 7.74. The van der Waals surface area contributed by atoms with E-state index >= 15 is 0 Å². The van der Waals surface area contributed by atoms with Gasteiger partial charge in [-0.2, -0.15) is 0 Å². The predicted molar refractivity (Wildman–Crippen MR) is 104 cm³/mol. The molecule has 0 saturated carbocycles. The van der Waals surface area contributed by atoms with E-state index in [-0.39, 0.29) is 18.2 Å². The Morgan fingerprint density at radius 3 is 2.60 bits per heavy atom. The third-order valence-corrected chi connectivity index (χ3v) is 5.52. The lowest BCUT2D eigenvalue weighted by molar-refractivity contribution is -0.117. The number of amides is 1. The van der Waals surface area contributed by atoms with Crippen LogP contribution in [0.4, 0.5) is 11.4 Å². The van der Waals surface area contributed by atoms with Crippen molar-refractivity contribution in [2.45, 2.75) is 30.4 Å². The molecule has 2 aromatic rings. The molecule has 0 radical (unpaired) electrons. The van der Waals surface area contributed by atoms with Crippen LogP contribution in [-0.4, -0.2) is 30.0 Å². The van der Waals surface area contributed by atoms with Crippen LogP contribution in [0.25, 0.3) is 0 Å². The van der Waals surface area contributed by atoms with Gasteiger partial charge in [0, 0.05) is 27.9 Å². The number of nitrogens with one attached hydrogen (secondary N) is 1. The number of rotatable bonds is 4. The van der Waals surface area contributed by atoms with E-state index in [2.05, 4.69) is 18.3 Å². The lowest BCUT2D eigenvalue weighted by Crippen LogP contribution is -2.36. The molecule has 0 spiro atoms. The predicted octanol–water partition coefficient (Wildman–Crippen LogP) is 4.22. The maximum Gasteiger partial charge on any atom is 0.246 e. The molecule has 0 aliphatic carbocycles. The highest BCUT2D eigenvalue weighted by atomic mass is 32.2. The van der Waals surface area contributed by atoms with Gasteiger partial charge < -0.3 is 10.2 Å². The van der Waals surface area contributed by atoms with E-state index in [4.69, 9.17) is 0 Å². The van der Waals surface area contributed by atoms with Crippen LogP contribution < -0.4 is 10.2 Å². The number of nitrogens with zero attached hydrogens (tertiary/aromatic N) is 1. The molecule has 0 bridgehead atoms. The summed E-state index contributed by atoms with van der Waals surface area (Å²) >= 11 is 1.83. The first-order valence-electron chi connectivity index (χ1n) is 8.45. The van der Waals surface area contributed by atoms with Crippen LogP contribution in [0.15, 0.2) is 53.4 Å². The van der Waals surface area contributed by atoms with E-state index in [1.54, 1.807) is 19.1 Å². The zero-order valence-electron chi connectivity index (χ0n) is 14.5. The molecular weight excluding hydrogens is 332 g/mol. The fourth-order valence-electron chi connectivity index (χ4n) is 2.84. The summed E-state index contributed by atoms with van der Waals surface area (Å²) in [7, 11) is 0. The second-order valence-corrected chi connectivity index (χ2v) is 7.70. The van der Waals surface area contributed by atoms with E-state index in [1.807, 2.05) is 47.0 Å². The number of fused-ring (bicyclic) bond motifs is 1. The molecule has 4 nitrogen and oxygen atoms in total. The van der Waals surface area contributed by atoms with Crippen LogP contribution in [0.3, 0.4) is 0 Å². The first-order valence-corrected chi connectivity index (χ1v) is 9.33. The van der Waals surface area contributed by atoms with Crippen molar-refractivity contribution < 1.29 is 9.59 Å². The number of ketones is 1. The molecule has 0 fully saturated rings. The van der Waals surface area contributed by atoms with E-state index in [9.17, 15) is 9.59 Å². The maximum absolute atomic E-state index is 12.8. The van der Waals surface area contributed by atoms with Crippen molar-refractivity contribution in [3.8, 4) is 0 Å². The van der Waals surface area contributed by atoms with Gasteiger partial charge in [-0.3, -0.25) is 9.59 Å². The van der Waals surface area contributed by atoms with Crippen LogP contribution in [-0.2, 0) is 4.79 Å². The lowest BCUT2D eigenvalue weighted by Gasteiger charge is -2.23. The second-order valence-electron chi connectivity index (χ2n) is 6.22. The molecule has 1 atom stereocenters. The highest BCUT2D eigenvalue weighted by Gasteiger charge is 2.23. The van der Waals surface area contributed by atoms with Crippen molar-refractivity contribution in [2.75, 3.05) is 23.3 Å². The Hall–Kier alpha value is -2.27. The topological polar surface area (TPSA) is 49.4 Å². The average molecular weight is 354 g/mol. The van der Waals surface area contributed by atoms with E-state index in [1.165, 1.54) is 0 Å². The Balaban J connectivity index is 1.69. The first-order chi connectivity index (χ1) is 12.0. The van der Waals surface area contributed by atoms with Crippen molar-refractivity contribution in [3.05, 3.63) is 54.1 Å². The minimum Gasteiger partial charge on any atom is -0.376 e. The van der Waals surface area contributed by atoms with Crippen molar-refractivity contribution in [1.29, 1.82) is 0 Å². The minimum absolute atomic E-state index is 0.0374. The van der Waals surface area contributed by atoms with Crippen LogP contribution in [0.1, 0.15) is 30.6 Å². The van der Waals surface area contributed by atoms with Crippen molar-refractivity contribution >= 4 is 34.8 Å². The molecule has 1 aliphatic rings. The van der Waals surface area contributed by atoms with E-state index in [0.29, 0.717) is 10.8 Å². The van der Waals surface area contributed by atoms with Gasteiger partial charge in [-0.25, -0.2) is 0 Å². The Bertz CT molecular complexity index is 774. The van der Waals surface area contributed by atoms with Crippen LogP contribution in [0, 0.1) is 0 Å². The van der Waals surface area contributed by atoms with Gasteiger partial charge in [0.15, 0.2) is 5.78 Å². The van der Waals surface area contributed by atoms with E-state index in [0.717, 1.165) is 29.2 Å². The molecule has 130 valence electrons. The first kappa shape index (κ1) is 17.5. The highest BCUT2D eigenvalue weighted by Crippen LogP contribution is 2.37. The molecule has 1 heterocycles. The summed E-state index contributed by atoms with van der Waals surface area (Å²) in [6.07, 6.45) is 0.971. The fraction of sp³-hybridized carbons (Fsp3) is 0.300. The Kier molecular flexibility index (Phi) is 5.43. The van der Waals surface area contributed by atoms with Gasteiger partial charge in [0.2, 0.25) is 5.91 Å². The average Bonchev–Trinajstić information content (AvgIpc) is 2.78. The Morgan fingerprint density at radius 1 is 1.16 bits per heavy atom. The van der Waals surface area contributed by atoms with Crippen LogP contribution >= 0.6 is 11.8 Å². The molecule has 0 aromatic heterocycles. The zero-order valence-corrected chi connectivity index (χ0v) is 15.3. The fourth-order valence-corrected chi connectivity index (χ4v) is 3.95. The number of Topliss-reactive ketones (excluding diaryl/α,β-unsaturated/α-hetero) is 1. The van der Waals surface area contributed by atoms with Crippen molar-refractivity contribution in [2.24, 2.45) is 0 Å². The van der Waals surface area contributed by atoms with Gasteiger partial charge in [-0.05, 0) is 49.7 Å². The summed E-state index contributed by atoms with van der Waals surface area (Å²) in [5.74, 6) is 0.0909. The molecule has 1 amide bonds. The SMILES string of the molecule is CC(=O)c1ccc(NCC(=O)N2CCC(C)Sc3ccccc32)cc1. The molecule has 2 aromatic carbocycles. The summed E-state index contributed by atoms with van der Waals surface area (Å²) in [5.41, 5.74) is 2.50. The van der Waals surface area contributed by atoms with Gasteiger partial charge in [0.05, 0.1) is 12.2 Å². The number of anilines is 2. The molecule has 5 heteroatoms. The number of hydrogen-bond donors (Lipinski definition) is 1. The Morgan fingerprint density at radius 2 is 1.88 bits per heavy atom. The zero-order chi connectivity index (χ0) is 17.8. The van der Waals surface area contributed by atoms with Crippen LogP contribution in [0.5, 0.6) is 0 Å². The smallest absolute Gasteiger partial charge is 0.246 e. The molecule has 3 rings (SSSR count). The molecule has 0 saturated heterocycles. The summed E-state index contributed by atoms with van der Waals surface area (Å²) in [6, 6.07) is 15.3. The van der Waals surface area contributed by atoms with Gasteiger partial charge >= 0.3 is 0 Å². The van der Waals surface area contributed by atoms with E-state index < -0.39 is 0 Å². The van der Waals surface area contributed by atoms with Gasteiger partial charge in [-0.15, -0.1) is 11.8 Å². The van der Waals surface area contributed by atoms with Gasteiger partial charge in [0.25, 0.3) is 0 Å². The molecule has 1 N–H and O–H groups in total. The number of carbonyl (C=O) groups is 2. The van der Waals surface area contributed by atoms with Gasteiger partial charge in [0.1, 0.15) is 0 Å². The molecule has 1 unspecified atom stereocenters. The lowest BCUT2D eigenvalue weighted by atomic mass is 10.1. The summed E-state index contributed by atoms with van der Waals surface area (Å²) in [4.78, 5) is 27.1. The summed E-state index contributed by atoms with van der Waals surface area (Å²) in [6.45, 7) is 4.70. The number of carbonyl (C=O) groups excluding carboxylic acids is 2. The van der Waals surface area contributed by atoms with Crippen LogP contribution in [0.2, 0.25) is 0 Å².